The molecule has 1 heterocycles. The summed E-state index contributed by atoms with van der Waals surface area (Å²) >= 11 is 3.35. The molecule has 0 radical (unpaired) electrons. The van der Waals surface area contributed by atoms with Crippen molar-refractivity contribution in [3.05, 3.63) is 39.4 Å². The lowest BCUT2D eigenvalue weighted by atomic mass is 10.1. The van der Waals surface area contributed by atoms with Crippen molar-refractivity contribution in [2.75, 3.05) is 26.8 Å². The lowest BCUT2D eigenvalue weighted by Crippen LogP contribution is -2.22. The van der Waals surface area contributed by atoms with Crippen LogP contribution in [0.2, 0.25) is 0 Å². The molecule has 0 atom stereocenters. The zero-order valence-electron chi connectivity index (χ0n) is 13.6. The molecule has 0 fully saturated rings. The molecular weight excluding hydrogens is 362 g/mol. The van der Waals surface area contributed by atoms with Gasteiger partial charge in [-0.3, -0.25) is 4.79 Å². The molecule has 1 aromatic rings. The highest BCUT2D eigenvalue weighted by molar-refractivity contribution is 9.10. The molecule has 23 heavy (non-hydrogen) atoms. The summed E-state index contributed by atoms with van der Waals surface area (Å²) in [6.45, 7) is 6.13. The Labute approximate surface area is 145 Å². The molecule has 0 aromatic heterocycles. The van der Waals surface area contributed by atoms with Crippen LogP contribution in [-0.2, 0) is 4.74 Å². The standard InChI is InChI=1S/C15H16BrNO4.C2H6/c1-20-15(19)11-2-3-13(16)14(12(11)8-18)21-9-10-4-6-17-7-5-10;1-2/h2-4,8,17H,5-7,9H2,1H3;1-2H3. The number of nitrogens with one attached hydrogen (secondary N) is 1. The number of carbonyl (C=O) groups excluding carboxylic acids is 2. The van der Waals surface area contributed by atoms with Crippen LogP contribution >= 0.6 is 15.9 Å². The van der Waals surface area contributed by atoms with E-state index in [0.717, 1.165) is 19.5 Å². The Morgan fingerprint density at radius 3 is 2.70 bits per heavy atom. The number of hydrogen-bond donors (Lipinski definition) is 1. The molecule has 6 heteroatoms. The van der Waals surface area contributed by atoms with Gasteiger partial charge in [0, 0.05) is 6.54 Å². The molecule has 0 aliphatic carbocycles. The van der Waals surface area contributed by atoms with Crippen LogP contribution in [0.15, 0.2) is 28.3 Å². The predicted octanol–water partition coefficient (Wildman–Crippen LogP) is 3.37. The van der Waals surface area contributed by atoms with E-state index in [1.165, 1.54) is 18.7 Å². The number of benzene rings is 1. The van der Waals surface area contributed by atoms with Crippen LogP contribution in [0.5, 0.6) is 5.75 Å². The van der Waals surface area contributed by atoms with Crippen molar-refractivity contribution in [3.63, 3.8) is 0 Å². The average molecular weight is 384 g/mol. The summed E-state index contributed by atoms with van der Waals surface area (Å²) in [5, 5.41) is 3.22. The number of halogens is 1. The lowest BCUT2D eigenvalue weighted by molar-refractivity contribution is 0.0597. The SMILES string of the molecule is CC.COC(=O)c1ccc(Br)c(OCC2=CCNCC2)c1C=O. The van der Waals surface area contributed by atoms with E-state index < -0.39 is 5.97 Å². The summed E-state index contributed by atoms with van der Waals surface area (Å²) in [6.07, 6.45) is 3.59. The topological polar surface area (TPSA) is 64.6 Å². The summed E-state index contributed by atoms with van der Waals surface area (Å²) < 4.78 is 11.1. The number of aldehydes is 1. The molecule has 0 unspecified atom stereocenters. The second kappa shape index (κ2) is 10.2. The lowest BCUT2D eigenvalue weighted by Gasteiger charge is -2.17. The van der Waals surface area contributed by atoms with Gasteiger partial charge in [0.25, 0.3) is 0 Å². The molecule has 1 aromatic carbocycles. The zero-order chi connectivity index (χ0) is 17.2. The molecule has 1 N–H and O–H groups in total. The molecule has 1 aliphatic heterocycles. The van der Waals surface area contributed by atoms with E-state index in [4.69, 9.17) is 4.74 Å². The quantitative estimate of drug-likeness (QED) is 0.479. The van der Waals surface area contributed by atoms with Crippen LogP contribution in [-0.4, -0.2) is 39.1 Å². The fourth-order valence-corrected chi connectivity index (χ4v) is 2.55. The van der Waals surface area contributed by atoms with Gasteiger partial charge in [-0.2, -0.15) is 0 Å². The Balaban J connectivity index is 0.00000127. The minimum absolute atomic E-state index is 0.199. The Kier molecular flexibility index (Phi) is 8.58. The molecule has 0 saturated heterocycles. The van der Waals surface area contributed by atoms with E-state index >= 15 is 0 Å². The van der Waals surface area contributed by atoms with Gasteiger partial charge in [-0.05, 0) is 46.6 Å². The number of ether oxygens (including phenoxy) is 2. The van der Waals surface area contributed by atoms with Crippen molar-refractivity contribution < 1.29 is 19.1 Å². The van der Waals surface area contributed by atoms with E-state index in [2.05, 4.69) is 32.1 Å². The van der Waals surface area contributed by atoms with Crippen LogP contribution in [0.4, 0.5) is 0 Å². The first kappa shape index (κ1) is 19.4. The zero-order valence-corrected chi connectivity index (χ0v) is 15.2. The summed E-state index contributed by atoms with van der Waals surface area (Å²) in [4.78, 5) is 23.0. The third-order valence-corrected chi connectivity index (χ3v) is 3.86. The van der Waals surface area contributed by atoms with Crippen molar-refractivity contribution in [3.8, 4) is 5.75 Å². The average Bonchev–Trinajstić information content (AvgIpc) is 2.62. The second-order valence-corrected chi connectivity index (χ2v) is 5.41. The van der Waals surface area contributed by atoms with Gasteiger partial charge >= 0.3 is 5.97 Å². The fourth-order valence-electron chi connectivity index (χ4n) is 2.09. The molecule has 0 saturated carbocycles. The van der Waals surface area contributed by atoms with Gasteiger partial charge in [0.2, 0.25) is 0 Å². The highest BCUT2D eigenvalue weighted by atomic mass is 79.9. The molecule has 126 valence electrons. The maximum atomic E-state index is 11.7. The Bertz CT molecular complexity index is 584. The first-order valence-electron chi connectivity index (χ1n) is 7.54. The van der Waals surface area contributed by atoms with Gasteiger partial charge in [0.1, 0.15) is 12.4 Å². The first-order chi connectivity index (χ1) is 11.2. The largest absolute Gasteiger partial charge is 0.487 e. The monoisotopic (exact) mass is 383 g/mol. The van der Waals surface area contributed by atoms with Gasteiger partial charge in [-0.1, -0.05) is 19.9 Å². The molecule has 0 bridgehead atoms. The fraction of sp³-hybridized carbons (Fsp3) is 0.412. The third kappa shape index (κ3) is 5.18. The second-order valence-electron chi connectivity index (χ2n) is 4.55. The van der Waals surface area contributed by atoms with E-state index in [0.29, 0.717) is 23.1 Å². The molecule has 2 rings (SSSR count). The maximum Gasteiger partial charge on any atom is 0.338 e. The molecule has 1 aliphatic rings. The highest BCUT2D eigenvalue weighted by Crippen LogP contribution is 2.31. The smallest absolute Gasteiger partial charge is 0.338 e. The van der Waals surface area contributed by atoms with E-state index in [9.17, 15) is 9.59 Å². The minimum atomic E-state index is -0.560. The Morgan fingerprint density at radius 2 is 2.13 bits per heavy atom. The van der Waals surface area contributed by atoms with Crippen LogP contribution in [0.3, 0.4) is 0 Å². The highest BCUT2D eigenvalue weighted by Gasteiger charge is 2.19. The normalized spacial score (nSPS) is 13.3. The van der Waals surface area contributed by atoms with Crippen molar-refractivity contribution in [1.29, 1.82) is 0 Å². The van der Waals surface area contributed by atoms with Crippen LogP contribution in [0, 0.1) is 0 Å². The van der Waals surface area contributed by atoms with Gasteiger partial charge in [-0.15, -0.1) is 0 Å². The predicted molar refractivity (Wildman–Crippen MR) is 93.3 cm³/mol. The third-order valence-electron chi connectivity index (χ3n) is 3.23. The first-order valence-corrected chi connectivity index (χ1v) is 8.34. The van der Waals surface area contributed by atoms with Crippen molar-refractivity contribution in [2.45, 2.75) is 20.3 Å². The van der Waals surface area contributed by atoms with Crippen LogP contribution < -0.4 is 10.1 Å². The molecule has 0 amide bonds. The van der Waals surface area contributed by atoms with Gasteiger partial charge in [0.05, 0.1) is 22.7 Å². The number of esters is 1. The Morgan fingerprint density at radius 1 is 1.39 bits per heavy atom. The minimum Gasteiger partial charge on any atom is -0.487 e. The summed E-state index contributed by atoms with van der Waals surface area (Å²) in [6, 6.07) is 3.21. The van der Waals surface area contributed by atoms with Gasteiger partial charge in [-0.25, -0.2) is 4.79 Å². The van der Waals surface area contributed by atoms with Gasteiger partial charge < -0.3 is 14.8 Å². The Hall–Kier alpha value is -1.66. The van der Waals surface area contributed by atoms with E-state index in [-0.39, 0.29) is 11.1 Å². The van der Waals surface area contributed by atoms with Crippen molar-refractivity contribution in [1.82, 2.24) is 5.32 Å². The number of carbonyl (C=O) groups is 2. The van der Waals surface area contributed by atoms with Crippen LogP contribution in [0.25, 0.3) is 0 Å². The number of methoxy groups -OCH3 is 1. The molecule has 0 spiro atoms. The van der Waals surface area contributed by atoms with E-state index in [1.807, 2.05) is 13.8 Å². The summed E-state index contributed by atoms with van der Waals surface area (Å²) in [7, 11) is 1.28. The number of hydrogen-bond acceptors (Lipinski definition) is 5. The van der Waals surface area contributed by atoms with E-state index in [1.54, 1.807) is 6.07 Å². The molecular formula is C17H22BrNO4. The van der Waals surface area contributed by atoms with Gasteiger partial charge in [0.15, 0.2) is 6.29 Å². The van der Waals surface area contributed by atoms with Crippen molar-refractivity contribution in [2.24, 2.45) is 0 Å². The maximum absolute atomic E-state index is 11.7. The summed E-state index contributed by atoms with van der Waals surface area (Å²) in [5.41, 5.74) is 1.57. The van der Waals surface area contributed by atoms with Crippen molar-refractivity contribution >= 4 is 28.2 Å². The van der Waals surface area contributed by atoms with Crippen LogP contribution in [0.1, 0.15) is 41.0 Å². The summed E-state index contributed by atoms with van der Waals surface area (Å²) in [5.74, 6) is -0.192. The number of rotatable bonds is 5. The molecule has 5 nitrogen and oxygen atoms in total.